The van der Waals surface area contributed by atoms with Gasteiger partial charge in [0.15, 0.2) is 59.2 Å². The van der Waals surface area contributed by atoms with Crippen molar-refractivity contribution in [1.29, 1.82) is 0 Å². The number of rotatable bonds is 54. The van der Waals surface area contributed by atoms with E-state index in [0.717, 1.165) is 154 Å². The van der Waals surface area contributed by atoms with Crippen LogP contribution in [0.15, 0.2) is 72.8 Å². The van der Waals surface area contributed by atoms with Gasteiger partial charge in [0.05, 0.1) is 36.3 Å². The Morgan fingerprint density at radius 1 is 0.267 bits per heavy atom. The highest BCUT2D eigenvalue weighted by Crippen LogP contribution is 2.63. The molecule has 0 fully saturated rings. The number of unbranched alkanes of at least 4 members (excludes halogenated alkanes) is 32. The summed E-state index contributed by atoms with van der Waals surface area (Å²) in [5.74, 6) is -0.561. The summed E-state index contributed by atoms with van der Waals surface area (Å²) in [6.07, 6.45) is 42.4. The van der Waals surface area contributed by atoms with Crippen LogP contribution in [0.3, 0.4) is 0 Å². The molecule has 792 valence electrons. The molecule has 8 aromatic carbocycles. The lowest BCUT2D eigenvalue weighted by atomic mass is 9.75. The highest BCUT2D eigenvalue weighted by molar-refractivity contribution is 5.94. The predicted molar refractivity (Wildman–Crippen MR) is 570 cm³/mol. The number of phenolic OH excluding ortho intramolecular Hbond substituents is 2. The third-order valence-electron chi connectivity index (χ3n) is 30.0. The molecule has 0 radical (unpaired) electrons. The number of carbonyl (C=O) groups excluding carboxylic acids is 2. The van der Waals surface area contributed by atoms with Crippen molar-refractivity contribution in [2.45, 2.75) is 387 Å². The van der Waals surface area contributed by atoms with E-state index in [1.165, 1.54) is 101 Å². The van der Waals surface area contributed by atoms with Gasteiger partial charge in [-0.25, -0.2) is 0 Å². The first-order valence-corrected chi connectivity index (χ1v) is 56.0. The number of hydrogen-bond donors (Lipinski definition) is 4. The van der Waals surface area contributed by atoms with Crippen LogP contribution in [0, 0.1) is 20.2 Å². The van der Waals surface area contributed by atoms with Crippen molar-refractivity contribution in [2.24, 2.45) is 0 Å². The minimum atomic E-state index is -0.672. The Morgan fingerprint density at radius 3 is 0.678 bits per heavy atom. The van der Waals surface area contributed by atoms with Gasteiger partial charge in [0.1, 0.15) is 23.0 Å². The van der Waals surface area contributed by atoms with Gasteiger partial charge in [0.25, 0.3) is 23.2 Å². The molecule has 0 saturated heterocycles. The van der Waals surface area contributed by atoms with E-state index in [1.807, 2.05) is 52.0 Å². The van der Waals surface area contributed by atoms with Crippen LogP contribution in [-0.4, -0.2) is 98.7 Å². The van der Waals surface area contributed by atoms with Crippen molar-refractivity contribution >= 4 is 34.6 Å². The molecule has 146 heavy (non-hydrogen) atoms. The number of nitrogens with zero attached hydrogens (tertiary/aromatic N) is 2. The number of hydrogen-bond acceptors (Lipinski definition) is 22. The molecular formula is C120H160N4O22. The molecule has 0 saturated carbocycles. The standard InChI is InChI=1S/C120H160N4O22/c1-9-17-21-25-29-33-37-41-45-49-91-95-69-97-92(50-46-42-38-34-30-26-22-18-10-2)99-71-101-94(52-48-44-40-36-32-28-24-20-12-4)102-72-100-93(51-47-43-39-35-31-27-23-19-11-3)98-70-96(91)112-106(128)114(98)142-77-144-116(100)120-118(102)146-78-145-117(101)119(115(99)143-76-141-113(97)105(127)111(95)139-75-140-112)137-73-103(125)121-87-61-79-57-80-62-88(122-104(126)74-138-120)64-82(108(80)134-54-14-6)59-84-66-90(124(131)132)68-86(110(84)136-56-16-8)60-85-67-89(123(129)130)65-83(109(85)135-55-15-7)58-81(63-87)107(79)133-53-13-5/h61-72,91-94,127-128H,9-60,73-78H2,1-8H3,(H,121,125)(H,122,126). The van der Waals surface area contributed by atoms with E-state index in [1.54, 1.807) is 0 Å². The molecule has 26 nitrogen and oxygen atoms in total. The van der Waals surface area contributed by atoms with E-state index in [9.17, 15) is 30.4 Å². The Morgan fingerprint density at radius 2 is 0.466 bits per heavy atom. The average Bonchev–Trinajstić information content (AvgIpc) is 0.718. The van der Waals surface area contributed by atoms with E-state index < -0.39 is 85.7 Å². The Kier molecular flexibility index (Phi) is 40.7. The molecule has 2 unspecified atom stereocenters. The highest BCUT2D eigenvalue weighted by Gasteiger charge is 2.44. The second-order valence-electron chi connectivity index (χ2n) is 41.2. The number of phenols is 2. The summed E-state index contributed by atoms with van der Waals surface area (Å²) in [6.45, 7) is 14.7. The average molecular weight is 2010 g/mol. The third-order valence-corrected chi connectivity index (χ3v) is 30.0. The van der Waals surface area contributed by atoms with E-state index >= 15 is 9.59 Å². The monoisotopic (exact) mass is 2010 g/mol. The molecule has 16 bridgehead atoms. The van der Waals surface area contributed by atoms with Crippen LogP contribution in [-0.2, 0) is 35.3 Å². The smallest absolute Gasteiger partial charge is 0.270 e. The molecule has 15 rings (SSSR count). The number of fused-ring (bicyclic) bond motifs is 20. The molecule has 6 aliphatic heterocycles. The molecule has 8 aromatic rings. The number of nitro benzene ring substituents is 2. The van der Waals surface area contributed by atoms with E-state index in [4.69, 9.17) is 66.3 Å². The van der Waals surface area contributed by atoms with Crippen molar-refractivity contribution in [1.82, 2.24) is 0 Å². The lowest BCUT2D eigenvalue weighted by molar-refractivity contribution is -0.385. The summed E-state index contributed by atoms with van der Waals surface area (Å²) in [6, 6.07) is 22.1. The lowest BCUT2D eigenvalue weighted by Gasteiger charge is -2.36. The maximum Gasteiger partial charge on any atom is 0.270 e. The lowest BCUT2D eigenvalue weighted by Crippen LogP contribution is -2.26. The quantitative estimate of drug-likeness (QED) is 0.0156. The molecular weight excluding hydrogens is 1850 g/mol. The number of benzene rings is 8. The van der Waals surface area contributed by atoms with Crippen LogP contribution < -0.4 is 76.9 Å². The predicted octanol–water partition coefficient (Wildman–Crippen LogP) is 30.5. The van der Waals surface area contributed by atoms with Gasteiger partial charge >= 0.3 is 0 Å². The molecule has 2 amide bonds. The molecule has 0 spiro atoms. The van der Waals surface area contributed by atoms with E-state index in [-0.39, 0.29) is 132 Å². The minimum absolute atomic E-state index is 0.00340. The molecule has 4 N–H and O–H groups in total. The minimum Gasteiger partial charge on any atom is -0.502 e. The first-order valence-electron chi connectivity index (χ1n) is 56.0. The Bertz CT molecular complexity index is 5410. The number of nitrogens with one attached hydrogen (secondary N) is 2. The molecule has 7 aliphatic rings. The maximum atomic E-state index is 16.3. The zero-order chi connectivity index (χ0) is 102. The summed E-state index contributed by atoms with van der Waals surface area (Å²) in [4.78, 5) is 58.9. The fraction of sp³-hybridized carbons (Fsp3) is 0.583. The number of nitro groups is 2. The second kappa shape index (κ2) is 54.8. The Balaban J connectivity index is 1.01. The van der Waals surface area contributed by atoms with Crippen LogP contribution in [0.25, 0.3) is 0 Å². The molecule has 6 heterocycles. The summed E-state index contributed by atoms with van der Waals surface area (Å²) >= 11 is 0. The highest BCUT2D eigenvalue weighted by atomic mass is 16.7. The van der Waals surface area contributed by atoms with Crippen LogP contribution in [0.2, 0.25) is 0 Å². The van der Waals surface area contributed by atoms with Crippen molar-refractivity contribution in [3.8, 4) is 92.0 Å². The van der Waals surface area contributed by atoms with Gasteiger partial charge < -0.3 is 87.2 Å². The van der Waals surface area contributed by atoms with Gasteiger partial charge in [-0.05, 0) is 99.9 Å². The zero-order valence-electron chi connectivity index (χ0n) is 88.2. The molecule has 0 aromatic heterocycles. The van der Waals surface area contributed by atoms with Crippen molar-refractivity contribution in [3.05, 3.63) is 182 Å². The number of amides is 2. The second-order valence-corrected chi connectivity index (χ2v) is 41.2. The number of non-ortho nitro benzene ring substituents is 2. The van der Waals surface area contributed by atoms with Gasteiger partial charge in [-0.3, -0.25) is 29.8 Å². The topological polar surface area (TPSA) is 314 Å². The van der Waals surface area contributed by atoms with Gasteiger partial charge in [-0.2, -0.15) is 0 Å². The third kappa shape index (κ3) is 27.1. The van der Waals surface area contributed by atoms with E-state index in [2.05, 4.69) is 62.6 Å². The first-order chi connectivity index (χ1) is 71.5. The fourth-order valence-electron chi connectivity index (χ4n) is 22.8. The molecule has 2 atom stereocenters. The summed E-state index contributed by atoms with van der Waals surface area (Å²) in [5, 5.41) is 61.2. The van der Waals surface area contributed by atoms with Crippen LogP contribution in [0.5, 0.6) is 92.0 Å². The normalized spacial score (nSPS) is 16.2. The molecule has 1 aliphatic carbocycles. The van der Waals surface area contributed by atoms with Crippen molar-refractivity contribution < 1.29 is 96.0 Å². The van der Waals surface area contributed by atoms with Crippen LogP contribution in [0.4, 0.5) is 22.7 Å². The number of ether oxygens (including phenoxy) is 14. The van der Waals surface area contributed by atoms with Gasteiger partial charge in [0, 0.05) is 174 Å². The van der Waals surface area contributed by atoms with Crippen LogP contribution in [0.1, 0.15) is 451 Å². The Labute approximate surface area is 864 Å². The van der Waals surface area contributed by atoms with Gasteiger partial charge in [-0.1, -0.05) is 287 Å². The largest absolute Gasteiger partial charge is 0.502 e. The van der Waals surface area contributed by atoms with Crippen LogP contribution >= 0.6 is 0 Å². The summed E-state index contributed by atoms with van der Waals surface area (Å²) in [5.41, 5.74) is 9.39. The number of aromatic hydroxyl groups is 2. The fourth-order valence-corrected chi connectivity index (χ4v) is 22.8. The van der Waals surface area contributed by atoms with Gasteiger partial charge in [0.2, 0.25) is 50.2 Å². The first kappa shape index (κ1) is 109. The summed E-state index contributed by atoms with van der Waals surface area (Å²) in [7, 11) is 0. The zero-order valence-corrected chi connectivity index (χ0v) is 88.2. The van der Waals surface area contributed by atoms with Crippen molar-refractivity contribution in [2.75, 3.05) is 77.4 Å². The molecule has 26 heteroatoms. The van der Waals surface area contributed by atoms with E-state index in [0.29, 0.717) is 175 Å². The summed E-state index contributed by atoms with van der Waals surface area (Å²) < 4.78 is 99.6. The van der Waals surface area contributed by atoms with Gasteiger partial charge in [-0.15, -0.1) is 0 Å². The number of carbonyl (C=O) groups is 2. The maximum absolute atomic E-state index is 16.3. The number of anilines is 2. The Hall–Kier alpha value is -11.7. The SMILES string of the molecule is CCCCCCCCCCCC1c2cc3c4c(O)c2OCOc2c1cc1c(c2O)OCOc2c(cc5c6c2OCC(=O)Nc2cc7c(OCCC)c(c2)Cc2cc([N+](=O)[O-])cc(c2OCCC)Cc2cc([N+](=O)[O-])cc(c2OCCC)Cc2cc(cc(c2OCCC)C7)NC(=O)COc2c(c(cc(c2OCO6)C5CCCCCCCCCCC)C3CCCCCCCCCCC)OCO4)C1CCCCCCCCCCC. The van der Waals surface area contributed by atoms with Crippen molar-refractivity contribution in [3.63, 3.8) is 0 Å².